The van der Waals surface area contributed by atoms with E-state index in [1.54, 1.807) is 4.90 Å². The predicted octanol–water partition coefficient (Wildman–Crippen LogP) is 0.626. The molecule has 0 saturated heterocycles. The number of likely N-dealkylation sites (N-methyl/N-ethyl adjacent to an activating group) is 1. The zero-order valence-electron chi connectivity index (χ0n) is 13.7. The SMILES string of the molecule is Cc1cc(C[NH+](CC[NH+](C)C)Cc2ccccc2)oc1C. The van der Waals surface area contributed by atoms with Crippen LogP contribution in [0.3, 0.4) is 0 Å². The summed E-state index contributed by atoms with van der Waals surface area (Å²) in [6, 6.07) is 12.9. The van der Waals surface area contributed by atoms with Gasteiger partial charge in [0.15, 0.2) is 5.76 Å². The monoisotopic (exact) mass is 288 g/mol. The largest absolute Gasteiger partial charge is 0.460 e. The number of quaternary nitrogens is 2. The van der Waals surface area contributed by atoms with Gasteiger partial charge in [0.1, 0.15) is 31.9 Å². The first kappa shape index (κ1) is 15.8. The Kier molecular flexibility index (Phi) is 5.59. The maximum atomic E-state index is 5.86. The maximum Gasteiger partial charge on any atom is 0.158 e. The smallest absolute Gasteiger partial charge is 0.158 e. The highest BCUT2D eigenvalue weighted by molar-refractivity contribution is 5.18. The van der Waals surface area contributed by atoms with Crippen LogP contribution in [0.5, 0.6) is 0 Å². The first-order valence-corrected chi connectivity index (χ1v) is 7.77. The van der Waals surface area contributed by atoms with Crippen LogP contribution in [0.15, 0.2) is 40.8 Å². The first-order valence-electron chi connectivity index (χ1n) is 7.77. The second kappa shape index (κ2) is 7.43. The van der Waals surface area contributed by atoms with E-state index in [1.165, 1.54) is 22.6 Å². The van der Waals surface area contributed by atoms with Crippen molar-refractivity contribution in [1.82, 2.24) is 0 Å². The fraction of sp³-hybridized carbons (Fsp3) is 0.444. The van der Waals surface area contributed by atoms with E-state index in [4.69, 9.17) is 4.42 Å². The Bertz CT molecular complexity index is 526. The van der Waals surface area contributed by atoms with E-state index in [0.29, 0.717) is 0 Å². The first-order chi connectivity index (χ1) is 10.0. The second-order valence-electron chi connectivity index (χ2n) is 6.25. The predicted molar refractivity (Wildman–Crippen MR) is 85.5 cm³/mol. The van der Waals surface area contributed by atoms with Gasteiger partial charge in [-0.05, 0) is 25.5 Å². The molecule has 1 aromatic heterocycles. The van der Waals surface area contributed by atoms with Gasteiger partial charge in [0.25, 0.3) is 0 Å². The fourth-order valence-electron chi connectivity index (χ4n) is 2.53. The molecule has 1 aromatic carbocycles. The van der Waals surface area contributed by atoms with Crippen molar-refractivity contribution >= 4 is 0 Å². The Morgan fingerprint density at radius 1 is 0.952 bits per heavy atom. The molecule has 1 atom stereocenters. The lowest BCUT2D eigenvalue weighted by Crippen LogP contribution is -3.16. The average Bonchev–Trinajstić information content (AvgIpc) is 2.76. The van der Waals surface area contributed by atoms with Crippen LogP contribution in [0.25, 0.3) is 0 Å². The molecule has 0 aliphatic rings. The third-order valence-electron chi connectivity index (χ3n) is 3.92. The van der Waals surface area contributed by atoms with Gasteiger partial charge in [0.2, 0.25) is 0 Å². The Labute approximate surface area is 128 Å². The Morgan fingerprint density at radius 3 is 2.24 bits per heavy atom. The molecule has 0 fully saturated rings. The number of aryl methyl sites for hydroxylation is 2. The molecule has 2 N–H and O–H groups in total. The van der Waals surface area contributed by atoms with Gasteiger partial charge in [-0.2, -0.15) is 0 Å². The van der Waals surface area contributed by atoms with Crippen molar-refractivity contribution < 1.29 is 14.2 Å². The molecule has 0 bridgehead atoms. The summed E-state index contributed by atoms with van der Waals surface area (Å²) < 4.78 is 5.86. The summed E-state index contributed by atoms with van der Waals surface area (Å²) in [5.74, 6) is 2.15. The molecule has 1 unspecified atom stereocenters. The van der Waals surface area contributed by atoms with Crippen LogP contribution >= 0.6 is 0 Å². The van der Waals surface area contributed by atoms with Gasteiger partial charge >= 0.3 is 0 Å². The lowest BCUT2D eigenvalue weighted by molar-refractivity contribution is -0.960. The molecule has 0 aliphatic carbocycles. The molecule has 114 valence electrons. The minimum absolute atomic E-state index is 0.955. The highest BCUT2D eigenvalue weighted by Crippen LogP contribution is 2.12. The summed E-state index contributed by atoms with van der Waals surface area (Å²) in [4.78, 5) is 3.04. The van der Waals surface area contributed by atoms with Gasteiger partial charge in [-0.3, -0.25) is 0 Å². The summed E-state index contributed by atoms with van der Waals surface area (Å²) in [6.45, 7) is 8.48. The highest BCUT2D eigenvalue weighted by atomic mass is 16.3. The molecule has 1 heterocycles. The standard InChI is InChI=1S/C18H26N2O/c1-15-12-18(21-16(15)2)14-20(11-10-19(3)4)13-17-8-6-5-7-9-17/h5-9,12H,10-11,13-14H2,1-4H3/p+2. The molecule has 0 saturated carbocycles. The van der Waals surface area contributed by atoms with Gasteiger partial charge in [0, 0.05) is 5.56 Å². The van der Waals surface area contributed by atoms with Crippen LogP contribution in [0.1, 0.15) is 22.6 Å². The molecule has 0 amide bonds. The number of nitrogens with one attached hydrogen (secondary N) is 2. The molecule has 2 aromatic rings. The van der Waals surface area contributed by atoms with E-state index in [2.05, 4.69) is 57.4 Å². The number of benzene rings is 1. The third-order valence-corrected chi connectivity index (χ3v) is 3.92. The summed E-state index contributed by atoms with van der Waals surface area (Å²) in [7, 11) is 4.42. The summed E-state index contributed by atoms with van der Waals surface area (Å²) in [5.41, 5.74) is 2.64. The molecule has 0 aliphatic heterocycles. The summed E-state index contributed by atoms with van der Waals surface area (Å²) >= 11 is 0. The Hall–Kier alpha value is -1.58. The average molecular weight is 288 g/mol. The molecule has 21 heavy (non-hydrogen) atoms. The van der Waals surface area contributed by atoms with E-state index in [9.17, 15) is 0 Å². The maximum absolute atomic E-state index is 5.86. The van der Waals surface area contributed by atoms with Crippen LogP contribution < -0.4 is 9.80 Å². The number of hydrogen-bond donors (Lipinski definition) is 2. The van der Waals surface area contributed by atoms with Crippen LogP contribution in [-0.4, -0.2) is 27.2 Å². The third kappa shape index (κ3) is 5.03. The van der Waals surface area contributed by atoms with E-state index in [0.717, 1.165) is 31.2 Å². The van der Waals surface area contributed by atoms with E-state index >= 15 is 0 Å². The molecule has 0 radical (unpaired) electrons. The van der Waals surface area contributed by atoms with Crippen molar-refractivity contribution in [3.63, 3.8) is 0 Å². The van der Waals surface area contributed by atoms with Crippen LogP contribution in [-0.2, 0) is 13.1 Å². The van der Waals surface area contributed by atoms with Crippen molar-refractivity contribution in [3.8, 4) is 0 Å². The summed E-state index contributed by atoms with van der Waals surface area (Å²) in [5, 5.41) is 0. The van der Waals surface area contributed by atoms with Crippen molar-refractivity contribution in [1.29, 1.82) is 0 Å². The van der Waals surface area contributed by atoms with Crippen LogP contribution in [0.4, 0.5) is 0 Å². The molecular formula is C18H28N2O+2. The molecule has 3 heteroatoms. The zero-order valence-corrected chi connectivity index (χ0v) is 13.7. The lowest BCUT2D eigenvalue weighted by atomic mass is 10.2. The van der Waals surface area contributed by atoms with Crippen molar-refractivity contribution in [3.05, 3.63) is 59.0 Å². The minimum Gasteiger partial charge on any atom is -0.460 e. The fourth-order valence-corrected chi connectivity index (χ4v) is 2.53. The molecule has 2 rings (SSSR count). The summed E-state index contributed by atoms with van der Waals surface area (Å²) in [6.07, 6.45) is 0. The van der Waals surface area contributed by atoms with Crippen molar-refractivity contribution in [2.75, 3.05) is 27.2 Å². The van der Waals surface area contributed by atoms with Crippen molar-refractivity contribution in [2.24, 2.45) is 0 Å². The van der Waals surface area contributed by atoms with Gasteiger partial charge in [0.05, 0.1) is 14.1 Å². The van der Waals surface area contributed by atoms with Crippen LogP contribution in [0.2, 0.25) is 0 Å². The molecule has 0 spiro atoms. The van der Waals surface area contributed by atoms with Crippen molar-refractivity contribution in [2.45, 2.75) is 26.9 Å². The van der Waals surface area contributed by atoms with Gasteiger partial charge < -0.3 is 14.2 Å². The molecular weight excluding hydrogens is 260 g/mol. The highest BCUT2D eigenvalue weighted by Gasteiger charge is 2.15. The van der Waals surface area contributed by atoms with Crippen LogP contribution in [0, 0.1) is 13.8 Å². The van der Waals surface area contributed by atoms with Gasteiger partial charge in [-0.15, -0.1) is 0 Å². The number of furan rings is 1. The topological polar surface area (TPSA) is 22.0 Å². The molecule has 3 nitrogen and oxygen atoms in total. The number of rotatable bonds is 7. The lowest BCUT2D eigenvalue weighted by Gasteiger charge is -2.19. The van der Waals surface area contributed by atoms with Gasteiger partial charge in [-0.1, -0.05) is 30.3 Å². The quantitative estimate of drug-likeness (QED) is 0.766. The Balaban J connectivity index is 2.04. The van der Waals surface area contributed by atoms with E-state index < -0.39 is 0 Å². The zero-order chi connectivity index (χ0) is 15.2. The van der Waals surface area contributed by atoms with Gasteiger partial charge in [-0.25, -0.2) is 0 Å². The second-order valence-corrected chi connectivity index (χ2v) is 6.25. The normalized spacial score (nSPS) is 12.8. The van der Waals surface area contributed by atoms with E-state index in [1.807, 2.05) is 6.92 Å². The minimum atomic E-state index is 0.955. The Morgan fingerprint density at radius 2 is 1.67 bits per heavy atom. The number of hydrogen-bond acceptors (Lipinski definition) is 1. The van der Waals surface area contributed by atoms with E-state index in [-0.39, 0.29) is 0 Å².